The van der Waals surface area contributed by atoms with Gasteiger partial charge in [0, 0.05) is 0 Å². The van der Waals surface area contributed by atoms with E-state index in [0.29, 0.717) is 11.5 Å². The summed E-state index contributed by atoms with van der Waals surface area (Å²) in [4.78, 5) is 0. The molecule has 0 aliphatic carbocycles. The molecule has 0 bridgehead atoms. The molecule has 1 heterocycles. The van der Waals surface area contributed by atoms with Gasteiger partial charge in [0.2, 0.25) is 0 Å². The topological polar surface area (TPSA) is 52.8 Å². The molecule has 0 spiro atoms. The third-order valence-electron chi connectivity index (χ3n) is 1.96. The fraction of sp³-hybridized carbons (Fsp3) is 0.222. The van der Waals surface area contributed by atoms with Crippen LogP contribution < -0.4 is 4.74 Å². The van der Waals surface area contributed by atoms with Gasteiger partial charge in [0.1, 0.15) is 5.69 Å². The van der Waals surface area contributed by atoms with Crippen molar-refractivity contribution in [3.63, 3.8) is 0 Å². The first-order valence-corrected chi connectivity index (χ1v) is 5.13. The van der Waals surface area contributed by atoms with E-state index in [1.807, 2.05) is 0 Å². The highest BCUT2D eigenvalue weighted by Gasteiger charge is 2.14. The first-order valence-electron chi connectivity index (χ1n) is 4.60. The molecule has 0 amide bonds. The standard InChI is InChI=1S/C9H7ClF2N4O/c10-5-8-13-14-15-16(8)6-3-1-2-4-7(6)17-9(11)12/h1-4,9H,5H2. The van der Waals surface area contributed by atoms with Gasteiger partial charge in [-0.3, -0.25) is 0 Å². The summed E-state index contributed by atoms with van der Waals surface area (Å²) in [5.41, 5.74) is 0.313. The Balaban J connectivity index is 2.44. The van der Waals surface area contributed by atoms with Crippen LogP contribution in [0.5, 0.6) is 5.75 Å². The molecule has 0 radical (unpaired) electrons. The van der Waals surface area contributed by atoms with E-state index in [2.05, 4.69) is 20.3 Å². The zero-order chi connectivity index (χ0) is 12.3. The van der Waals surface area contributed by atoms with E-state index >= 15 is 0 Å². The number of benzene rings is 1. The molecule has 2 aromatic rings. The van der Waals surface area contributed by atoms with Gasteiger partial charge in [-0.15, -0.1) is 16.7 Å². The highest BCUT2D eigenvalue weighted by molar-refractivity contribution is 6.16. The summed E-state index contributed by atoms with van der Waals surface area (Å²) in [7, 11) is 0. The van der Waals surface area contributed by atoms with Crippen molar-refractivity contribution >= 4 is 11.6 Å². The van der Waals surface area contributed by atoms with Crippen molar-refractivity contribution in [2.45, 2.75) is 12.5 Å². The van der Waals surface area contributed by atoms with Gasteiger partial charge >= 0.3 is 6.61 Å². The largest absolute Gasteiger partial charge is 0.433 e. The molecule has 0 saturated heterocycles. The van der Waals surface area contributed by atoms with Crippen molar-refractivity contribution < 1.29 is 13.5 Å². The molecule has 5 nitrogen and oxygen atoms in total. The minimum Gasteiger partial charge on any atom is -0.433 e. The number of tetrazole rings is 1. The summed E-state index contributed by atoms with van der Waals surface area (Å²) >= 11 is 5.63. The first kappa shape index (κ1) is 11.7. The van der Waals surface area contributed by atoms with Crippen molar-refractivity contribution in [1.82, 2.24) is 20.2 Å². The number of hydrogen-bond acceptors (Lipinski definition) is 4. The predicted molar refractivity (Wildman–Crippen MR) is 55.3 cm³/mol. The molecule has 0 fully saturated rings. The second kappa shape index (κ2) is 5.05. The molecular weight excluding hydrogens is 254 g/mol. The van der Waals surface area contributed by atoms with Crippen LogP contribution in [0.1, 0.15) is 5.82 Å². The average Bonchev–Trinajstić information content (AvgIpc) is 2.77. The highest BCUT2D eigenvalue weighted by Crippen LogP contribution is 2.24. The Kier molecular flexibility index (Phi) is 3.48. The Hall–Kier alpha value is -1.76. The van der Waals surface area contributed by atoms with Crippen LogP contribution in [-0.4, -0.2) is 26.8 Å². The number of para-hydroxylation sites is 2. The number of alkyl halides is 3. The van der Waals surface area contributed by atoms with Gasteiger partial charge in [0.15, 0.2) is 11.6 Å². The van der Waals surface area contributed by atoms with E-state index in [1.165, 1.54) is 10.7 Å². The lowest BCUT2D eigenvalue weighted by Crippen LogP contribution is -2.08. The van der Waals surface area contributed by atoms with Crippen LogP contribution in [0.15, 0.2) is 24.3 Å². The van der Waals surface area contributed by atoms with Gasteiger partial charge < -0.3 is 4.74 Å². The van der Waals surface area contributed by atoms with Crippen LogP contribution >= 0.6 is 11.6 Å². The number of nitrogens with zero attached hydrogens (tertiary/aromatic N) is 4. The van der Waals surface area contributed by atoms with Crippen molar-refractivity contribution in [1.29, 1.82) is 0 Å². The Morgan fingerprint density at radius 1 is 1.35 bits per heavy atom. The summed E-state index contributed by atoms with van der Waals surface area (Å²) in [5.74, 6) is 0.397. The third kappa shape index (κ3) is 2.50. The summed E-state index contributed by atoms with van der Waals surface area (Å²) in [5, 5.41) is 10.8. The zero-order valence-corrected chi connectivity index (χ0v) is 9.18. The molecule has 17 heavy (non-hydrogen) atoms. The fourth-order valence-electron chi connectivity index (χ4n) is 1.30. The molecule has 8 heteroatoms. The van der Waals surface area contributed by atoms with Gasteiger partial charge in [0.25, 0.3) is 0 Å². The monoisotopic (exact) mass is 260 g/mol. The molecule has 0 aliphatic heterocycles. The molecule has 0 atom stereocenters. The smallest absolute Gasteiger partial charge is 0.387 e. The van der Waals surface area contributed by atoms with Crippen LogP contribution in [0.2, 0.25) is 0 Å². The van der Waals surface area contributed by atoms with Gasteiger partial charge in [-0.25, -0.2) is 0 Å². The van der Waals surface area contributed by atoms with Gasteiger partial charge in [-0.2, -0.15) is 13.5 Å². The lowest BCUT2D eigenvalue weighted by Gasteiger charge is -2.10. The lowest BCUT2D eigenvalue weighted by molar-refractivity contribution is -0.0499. The van der Waals surface area contributed by atoms with Crippen LogP contribution in [-0.2, 0) is 5.88 Å². The summed E-state index contributed by atoms with van der Waals surface area (Å²) < 4.78 is 30.1. The number of aromatic nitrogens is 4. The third-order valence-corrected chi connectivity index (χ3v) is 2.20. The van der Waals surface area contributed by atoms with Crippen LogP contribution in [0.4, 0.5) is 8.78 Å². The van der Waals surface area contributed by atoms with E-state index < -0.39 is 6.61 Å². The second-order valence-corrected chi connectivity index (χ2v) is 3.25. The Bertz CT molecular complexity index is 505. The maximum atomic E-state index is 12.2. The quantitative estimate of drug-likeness (QED) is 0.789. The number of halogens is 3. The molecular formula is C9H7ClF2N4O. The summed E-state index contributed by atoms with van der Waals surface area (Å²) in [6, 6.07) is 6.20. The Morgan fingerprint density at radius 3 is 2.82 bits per heavy atom. The van der Waals surface area contributed by atoms with Crippen molar-refractivity contribution in [3.05, 3.63) is 30.1 Å². The molecule has 1 aromatic heterocycles. The van der Waals surface area contributed by atoms with Crippen molar-refractivity contribution in [3.8, 4) is 11.4 Å². The molecule has 0 unspecified atom stereocenters. The molecule has 90 valence electrons. The van der Waals surface area contributed by atoms with E-state index in [4.69, 9.17) is 11.6 Å². The maximum absolute atomic E-state index is 12.2. The van der Waals surface area contributed by atoms with Crippen molar-refractivity contribution in [2.24, 2.45) is 0 Å². The van der Waals surface area contributed by atoms with Gasteiger partial charge in [-0.05, 0) is 22.6 Å². The molecule has 0 aliphatic rings. The fourth-order valence-corrected chi connectivity index (χ4v) is 1.47. The second-order valence-electron chi connectivity index (χ2n) is 2.99. The lowest BCUT2D eigenvalue weighted by atomic mass is 10.3. The van der Waals surface area contributed by atoms with E-state index in [1.54, 1.807) is 18.2 Å². The van der Waals surface area contributed by atoms with Gasteiger partial charge in [-0.1, -0.05) is 12.1 Å². The summed E-state index contributed by atoms with van der Waals surface area (Å²) in [6.45, 7) is -2.91. The van der Waals surface area contributed by atoms with Gasteiger partial charge in [0.05, 0.1) is 5.88 Å². The normalized spacial score (nSPS) is 10.8. The molecule has 2 rings (SSSR count). The molecule has 0 N–H and O–H groups in total. The number of hydrogen-bond donors (Lipinski definition) is 0. The Morgan fingerprint density at radius 2 is 2.12 bits per heavy atom. The zero-order valence-electron chi connectivity index (χ0n) is 8.42. The number of ether oxygens (including phenoxy) is 1. The van der Waals surface area contributed by atoms with E-state index in [-0.39, 0.29) is 11.6 Å². The van der Waals surface area contributed by atoms with Crippen LogP contribution in [0, 0.1) is 0 Å². The van der Waals surface area contributed by atoms with E-state index in [0.717, 1.165) is 0 Å². The van der Waals surface area contributed by atoms with Crippen molar-refractivity contribution in [2.75, 3.05) is 0 Å². The Labute approximate surface area is 99.9 Å². The first-order chi connectivity index (χ1) is 8.22. The average molecular weight is 261 g/mol. The predicted octanol–water partition coefficient (Wildman–Crippen LogP) is 2.00. The minimum absolute atomic E-state index is 0.0128. The van der Waals surface area contributed by atoms with Crippen LogP contribution in [0.25, 0.3) is 5.69 Å². The molecule has 1 aromatic carbocycles. The minimum atomic E-state index is -2.91. The summed E-state index contributed by atoms with van der Waals surface area (Å²) in [6.07, 6.45) is 0. The maximum Gasteiger partial charge on any atom is 0.387 e. The highest BCUT2D eigenvalue weighted by atomic mass is 35.5. The molecule has 0 saturated carbocycles. The van der Waals surface area contributed by atoms with E-state index in [9.17, 15) is 8.78 Å². The SMILES string of the molecule is FC(F)Oc1ccccc1-n1nnnc1CCl. The van der Waals surface area contributed by atoms with Crippen LogP contribution in [0.3, 0.4) is 0 Å². The number of rotatable bonds is 4.